The topological polar surface area (TPSA) is 208 Å². The predicted molar refractivity (Wildman–Crippen MR) is 198 cm³/mol. The first-order valence-corrected chi connectivity index (χ1v) is 17.6. The van der Waals surface area contributed by atoms with E-state index in [1.54, 1.807) is 44.3 Å². The molecule has 0 aliphatic carbocycles. The van der Waals surface area contributed by atoms with Crippen LogP contribution in [-0.2, 0) is 36.8 Å². The zero-order chi connectivity index (χ0) is 38.6. The van der Waals surface area contributed by atoms with Crippen LogP contribution in [0.5, 0.6) is 5.75 Å². The number of amides is 5. The van der Waals surface area contributed by atoms with Gasteiger partial charge in [0.2, 0.25) is 23.6 Å². The molecule has 2 aliphatic rings. The molecule has 6 rings (SSSR count). The van der Waals surface area contributed by atoms with Crippen LogP contribution in [-0.4, -0.2) is 102 Å². The molecule has 2 aliphatic heterocycles. The monoisotopic (exact) mass is 736 g/mol. The minimum absolute atomic E-state index is 0.0110. The van der Waals surface area contributed by atoms with Crippen LogP contribution < -0.4 is 26.0 Å². The van der Waals surface area contributed by atoms with Gasteiger partial charge in [-0.25, -0.2) is 4.98 Å². The van der Waals surface area contributed by atoms with Crippen LogP contribution in [0.25, 0.3) is 10.9 Å². The number of ether oxygens (including phenoxy) is 2. The fraction of sp³-hybridized carbons (Fsp3) is 0.359. The number of hydrogen-bond donors (Lipinski definition) is 5. The normalized spacial score (nSPS) is 19.0. The Hall–Kier alpha value is -6.27. The van der Waals surface area contributed by atoms with Gasteiger partial charge in [0.25, 0.3) is 5.91 Å². The number of aromatic nitrogens is 2. The van der Waals surface area contributed by atoms with Crippen LogP contribution in [0, 0.1) is 17.2 Å². The van der Waals surface area contributed by atoms with Gasteiger partial charge in [0.15, 0.2) is 0 Å². The van der Waals surface area contributed by atoms with Crippen LogP contribution in [0.1, 0.15) is 41.0 Å². The maximum Gasteiger partial charge on any atom is 0.253 e. The molecule has 0 saturated carbocycles. The number of rotatable bonds is 8. The van der Waals surface area contributed by atoms with Crippen molar-refractivity contribution in [2.24, 2.45) is 5.92 Å². The average molecular weight is 737 g/mol. The van der Waals surface area contributed by atoms with Crippen LogP contribution >= 0.6 is 0 Å². The molecule has 2 aromatic carbocycles. The molecule has 0 unspecified atom stereocenters. The first kappa shape index (κ1) is 38.9. The van der Waals surface area contributed by atoms with Gasteiger partial charge in [-0.1, -0.05) is 44.2 Å². The van der Waals surface area contributed by atoms with Gasteiger partial charge in [0, 0.05) is 49.8 Å². The maximum absolute atomic E-state index is 14.5. The molecule has 15 nitrogen and oxygen atoms in total. The van der Waals surface area contributed by atoms with Crippen molar-refractivity contribution in [3.63, 3.8) is 0 Å². The van der Waals surface area contributed by atoms with E-state index in [0.717, 1.165) is 16.5 Å². The van der Waals surface area contributed by atoms with Gasteiger partial charge in [0.05, 0.1) is 25.3 Å². The zero-order valence-corrected chi connectivity index (χ0v) is 30.4. The molecule has 5 N–H and O–H groups in total. The van der Waals surface area contributed by atoms with Gasteiger partial charge in [-0.15, -0.1) is 0 Å². The summed E-state index contributed by atoms with van der Waals surface area (Å²) >= 11 is 0. The fourth-order valence-electron chi connectivity index (χ4n) is 6.06. The third-order valence-corrected chi connectivity index (χ3v) is 8.99. The Morgan fingerprint density at radius 2 is 1.83 bits per heavy atom. The maximum atomic E-state index is 14.5. The van der Waals surface area contributed by atoms with E-state index in [1.165, 1.54) is 30.3 Å². The molecule has 2 bridgehead atoms. The summed E-state index contributed by atoms with van der Waals surface area (Å²) < 4.78 is 11.1. The Bertz CT molecular complexity index is 1990. The van der Waals surface area contributed by atoms with Gasteiger partial charge in [-0.3, -0.25) is 24.0 Å². The summed E-state index contributed by atoms with van der Waals surface area (Å²) in [5.41, 5.74) is 2.52. The number of carbonyl (C=O) groups excluding carboxylic acids is 5. The lowest BCUT2D eigenvalue weighted by molar-refractivity contribution is -0.141. The lowest BCUT2D eigenvalue weighted by Crippen LogP contribution is -2.58. The summed E-state index contributed by atoms with van der Waals surface area (Å²) in [4.78, 5) is 77.4. The Morgan fingerprint density at radius 3 is 2.54 bits per heavy atom. The highest BCUT2D eigenvalue weighted by atomic mass is 16.5. The lowest BCUT2D eigenvalue weighted by atomic mass is 10.0. The van der Waals surface area contributed by atoms with Crippen molar-refractivity contribution in [1.82, 2.24) is 36.1 Å². The van der Waals surface area contributed by atoms with Crippen molar-refractivity contribution in [1.29, 1.82) is 5.26 Å². The minimum Gasteiger partial charge on any atom is -0.492 e. The van der Waals surface area contributed by atoms with E-state index in [4.69, 9.17) is 14.7 Å². The van der Waals surface area contributed by atoms with Crippen LogP contribution in [0.3, 0.4) is 0 Å². The summed E-state index contributed by atoms with van der Waals surface area (Å²) in [6.07, 6.45) is 3.10. The van der Waals surface area contributed by atoms with E-state index in [0.29, 0.717) is 11.3 Å². The smallest absolute Gasteiger partial charge is 0.253 e. The van der Waals surface area contributed by atoms with Gasteiger partial charge in [-0.05, 0) is 47.4 Å². The van der Waals surface area contributed by atoms with Crippen molar-refractivity contribution in [2.45, 2.75) is 44.8 Å². The van der Waals surface area contributed by atoms with Gasteiger partial charge in [-0.2, -0.15) is 5.26 Å². The van der Waals surface area contributed by atoms with Crippen molar-refractivity contribution in [3.05, 3.63) is 95.4 Å². The van der Waals surface area contributed by atoms with E-state index in [1.807, 2.05) is 30.3 Å². The lowest BCUT2D eigenvalue weighted by Gasteiger charge is -2.30. The molecule has 54 heavy (non-hydrogen) atoms. The second-order valence-corrected chi connectivity index (χ2v) is 13.2. The third-order valence-electron chi connectivity index (χ3n) is 8.99. The van der Waals surface area contributed by atoms with Gasteiger partial charge >= 0.3 is 0 Å². The second-order valence-electron chi connectivity index (χ2n) is 13.2. The van der Waals surface area contributed by atoms with Crippen LogP contribution in [0.15, 0.2) is 73.1 Å². The molecule has 3 atom stereocenters. The molecule has 0 saturated heterocycles. The van der Waals surface area contributed by atoms with E-state index >= 15 is 0 Å². The highest BCUT2D eigenvalue weighted by Gasteiger charge is 2.33. The summed E-state index contributed by atoms with van der Waals surface area (Å²) in [5, 5.41) is 21.2. The predicted octanol–water partition coefficient (Wildman–Crippen LogP) is 1.63. The number of nitrogens with zero attached hydrogens (tertiary/aromatic N) is 3. The second kappa shape index (κ2) is 18.5. The van der Waals surface area contributed by atoms with Crippen LogP contribution in [0.2, 0.25) is 0 Å². The number of nitriles is 1. The molecular formula is C39H44N8O7. The largest absolute Gasteiger partial charge is 0.492 e. The quantitative estimate of drug-likeness (QED) is 0.166. The number of nitrogens with one attached hydrogen (secondary N) is 5. The number of fused-ring (bicyclic) bond motifs is 18. The number of pyridine rings is 1. The Labute approximate surface area is 312 Å². The molecule has 5 amide bonds. The number of aromatic amines is 1. The number of H-pyrrole nitrogens is 1. The van der Waals surface area contributed by atoms with Crippen molar-refractivity contribution >= 4 is 40.4 Å². The highest BCUT2D eigenvalue weighted by Crippen LogP contribution is 2.20. The van der Waals surface area contributed by atoms with Crippen molar-refractivity contribution in [3.8, 4) is 11.8 Å². The van der Waals surface area contributed by atoms with Crippen molar-refractivity contribution in [2.75, 3.05) is 40.0 Å². The SMILES string of the molecule is COCCN1CC(=O)N[C@@H](C(C)C)C(=O)NCCOc2ccc(cc2)C[C@H](NC(=O)c2ccc(C#N)nc2)C(=O)N[C@@H](Cc2c[nH]c3ccccc23)C1=O. The van der Waals surface area contributed by atoms with Gasteiger partial charge in [0.1, 0.15) is 42.2 Å². The molecule has 0 radical (unpaired) electrons. The first-order valence-electron chi connectivity index (χ1n) is 17.6. The zero-order valence-electron chi connectivity index (χ0n) is 30.4. The molecule has 4 heterocycles. The standard InChI is InChI=1S/C39H44N8O7/c1-24(2)35-38(51)41-14-16-54-29-12-8-25(9-13-29)18-32(44-36(49)26-10-11-28(20-40)42-21-26)37(50)45-33(19-27-22-43-31-7-5-4-6-30(27)31)39(52)47(15-17-53-3)23-34(48)46-35/h4-13,21-22,24,32-33,35,43H,14-19,23H2,1-3H3,(H,41,51)(H,44,49)(H,45,50)(H,46,48)/t32-,33-,35-/m0/s1. The van der Waals surface area contributed by atoms with Crippen LogP contribution in [0.4, 0.5) is 0 Å². The molecule has 4 aromatic rings. The Kier molecular flexibility index (Phi) is 13.3. The number of carbonyl (C=O) groups is 5. The summed E-state index contributed by atoms with van der Waals surface area (Å²) in [6, 6.07) is 16.0. The third kappa shape index (κ3) is 10.2. The summed E-state index contributed by atoms with van der Waals surface area (Å²) in [7, 11) is 1.47. The fourth-order valence-corrected chi connectivity index (χ4v) is 6.06. The molecule has 0 fully saturated rings. The number of para-hydroxylation sites is 1. The minimum atomic E-state index is -1.19. The summed E-state index contributed by atoms with van der Waals surface area (Å²) in [5.74, 6) is -2.54. The first-order chi connectivity index (χ1) is 26.1. The molecule has 282 valence electrons. The highest BCUT2D eigenvalue weighted by molar-refractivity contribution is 5.99. The number of hydrogen-bond acceptors (Lipinski definition) is 9. The van der Waals surface area contributed by atoms with Crippen molar-refractivity contribution < 1.29 is 33.4 Å². The van der Waals surface area contributed by atoms with E-state index in [-0.39, 0.29) is 56.3 Å². The Morgan fingerprint density at radius 1 is 1.06 bits per heavy atom. The Balaban J connectivity index is 1.52. The average Bonchev–Trinajstić information content (AvgIpc) is 3.58. The molecule has 2 aromatic heterocycles. The van der Waals surface area contributed by atoms with E-state index < -0.39 is 54.2 Å². The van der Waals surface area contributed by atoms with E-state index in [9.17, 15) is 24.0 Å². The summed E-state index contributed by atoms with van der Waals surface area (Å²) in [6.45, 7) is 3.61. The molecular weight excluding hydrogens is 692 g/mol. The molecule has 15 heteroatoms. The van der Waals surface area contributed by atoms with Gasteiger partial charge < -0.3 is 40.6 Å². The number of methoxy groups -OCH3 is 1. The van der Waals surface area contributed by atoms with E-state index in [2.05, 4.69) is 31.2 Å². The number of benzene rings is 2. The molecule has 0 spiro atoms.